The number of anilines is 1. The Morgan fingerprint density at radius 3 is 3.20 bits per heavy atom. The fraction of sp³-hybridized carbons (Fsp3) is 0.400. The van der Waals surface area contributed by atoms with Crippen LogP contribution in [0, 0.1) is 0 Å². The average molecular weight is 342 g/mol. The number of hydrogen-bond acceptors (Lipinski definition) is 7. The van der Waals surface area contributed by atoms with E-state index in [1.165, 1.54) is 0 Å². The van der Waals surface area contributed by atoms with Gasteiger partial charge in [-0.25, -0.2) is 0 Å². The molecule has 130 valence electrons. The standard InChI is InChI=1S/C15H18N8O2/c1-25-7-6-16-15(24)12-9-21(8-11-4-5-18-23(11)12)14-3-2-13-19-17-10-22(13)20-14/h2-5,10,12H,6-9H2,1H3,(H,16,24). The van der Waals surface area contributed by atoms with Crippen LogP contribution in [0.5, 0.6) is 0 Å². The molecule has 10 heteroatoms. The molecule has 1 N–H and O–H groups in total. The number of methoxy groups -OCH3 is 1. The number of nitrogens with zero attached hydrogens (tertiary/aromatic N) is 7. The van der Waals surface area contributed by atoms with Gasteiger partial charge < -0.3 is 15.0 Å². The lowest BCUT2D eigenvalue weighted by Gasteiger charge is -2.33. The van der Waals surface area contributed by atoms with Gasteiger partial charge in [-0.3, -0.25) is 9.48 Å². The Labute approximate surface area is 143 Å². The number of aromatic nitrogens is 6. The first-order valence-electron chi connectivity index (χ1n) is 7.97. The smallest absolute Gasteiger partial charge is 0.246 e. The van der Waals surface area contributed by atoms with E-state index in [2.05, 4.69) is 30.6 Å². The number of carbonyl (C=O) groups excluding carboxylic acids is 1. The van der Waals surface area contributed by atoms with Crippen LogP contribution in [0.25, 0.3) is 5.65 Å². The highest BCUT2D eigenvalue weighted by molar-refractivity contribution is 5.81. The second kappa shape index (κ2) is 6.48. The molecule has 0 saturated carbocycles. The molecule has 4 rings (SSSR count). The van der Waals surface area contributed by atoms with Crippen LogP contribution in [0.15, 0.2) is 30.7 Å². The van der Waals surface area contributed by atoms with E-state index in [1.807, 2.05) is 18.2 Å². The molecule has 0 radical (unpaired) electrons. The number of rotatable bonds is 5. The lowest BCUT2D eigenvalue weighted by Crippen LogP contribution is -2.46. The van der Waals surface area contributed by atoms with Crippen molar-refractivity contribution in [2.24, 2.45) is 0 Å². The Morgan fingerprint density at radius 2 is 2.32 bits per heavy atom. The molecule has 1 unspecified atom stereocenters. The molecule has 3 aromatic rings. The highest BCUT2D eigenvalue weighted by Gasteiger charge is 2.31. The molecule has 0 fully saturated rings. The summed E-state index contributed by atoms with van der Waals surface area (Å²) in [6.45, 7) is 2.05. The first-order valence-corrected chi connectivity index (χ1v) is 7.97. The van der Waals surface area contributed by atoms with Crippen LogP contribution in [0.2, 0.25) is 0 Å². The van der Waals surface area contributed by atoms with Crippen molar-refractivity contribution < 1.29 is 9.53 Å². The summed E-state index contributed by atoms with van der Waals surface area (Å²) in [5.74, 6) is 0.673. The molecule has 4 heterocycles. The summed E-state index contributed by atoms with van der Waals surface area (Å²) in [4.78, 5) is 14.6. The molecule has 0 saturated heterocycles. The van der Waals surface area contributed by atoms with Crippen LogP contribution in [-0.4, -0.2) is 62.3 Å². The molecule has 0 aliphatic carbocycles. The van der Waals surface area contributed by atoms with Crippen molar-refractivity contribution in [2.45, 2.75) is 12.6 Å². The van der Waals surface area contributed by atoms with Crippen LogP contribution in [0.4, 0.5) is 5.82 Å². The van der Waals surface area contributed by atoms with Crippen LogP contribution in [0.1, 0.15) is 11.7 Å². The van der Waals surface area contributed by atoms with Gasteiger partial charge in [0, 0.05) is 19.9 Å². The molecule has 10 nitrogen and oxygen atoms in total. The van der Waals surface area contributed by atoms with E-state index in [-0.39, 0.29) is 5.91 Å². The first-order chi connectivity index (χ1) is 12.3. The lowest BCUT2D eigenvalue weighted by molar-refractivity contribution is -0.124. The van der Waals surface area contributed by atoms with Gasteiger partial charge in [-0.2, -0.15) is 9.61 Å². The maximum absolute atomic E-state index is 12.6. The fourth-order valence-electron chi connectivity index (χ4n) is 2.94. The number of fused-ring (bicyclic) bond motifs is 2. The van der Waals surface area contributed by atoms with Crippen molar-refractivity contribution in [3.63, 3.8) is 0 Å². The van der Waals surface area contributed by atoms with Crippen LogP contribution < -0.4 is 10.2 Å². The van der Waals surface area contributed by atoms with E-state index in [0.29, 0.717) is 31.9 Å². The molecule has 3 aromatic heterocycles. The van der Waals surface area contributed by atoms with Crippen LogP contribution in [0.3, 0.4) is 0 Å². The average Bonchev–Trinajstić information content (AvgIpc) is 3.29. The van der Waals surface area contributed by atoms with E-state index in [1.54, 1.807) is 28.8 Å². The minimum Gasteiger partial charge on any atom is -0.383 e. The molecule has 1 amide bonds. The quantitative estimate of drug-likeness (QED) is 0.632. The summed E-state index contributed by atoms with van der Waals surface area (Å²) in [5.41, 5.74) is 1.64. The minimum atomic E-state index is -0.422. The Kier molecular flexibility index (Phi) is 4.02. The number of nitrogens with one attached hydrogen (secondary N) is 1. The number of carbonyl (C=O) groups is 1. The topological polar surface area (TPSA) is 102 Å². The zero-order valence-corrected chi connectivity index (χ0v) is 13.7. The van der Waals surface area contributed by atoms with Gasteiger partial charge in [0.1, 0.15) is 18.2 Å². The molecular weight excluding hydrogens is 324 g/mol. The molecule has 0 bridgehead atoms. The summed E-state index contributed by atoms with van der Waals surface area (Å²) in [6, 6.07) is 5.23. The Balaban J connectivity index is 1.59. The summed E-state index contributed by atoms with van der Waals surface area (Å²) in [7, 11) is 1.60. The van der Waals surface area contributed by atoms with Gasteiger partial charge in [0.15, 0.2) is 5.65 Å². The fourth-order valence-corrected chi connectivity index (χ4v) is 2.94. The van der Waals surface area contributed by atoms with Crippen molar-refractivity contribution in [2.75, 3.05) is 31.7 Å². The SMILES string of the molecule is COCCNC(=O)C1CN(c2ccc3nncn3n2)Cc2ccnn21. The highest BCUT2D eigenvalue weighted by Crippen LogP contribution is 2.24. The normalized spacial score (nSPS) is 16.8. The third-order valence-electron chi connectivity index (χ3n) is 4.17. The molecule has 1 atom stereocenters. The van der Waals surface area contributed by atoms with Crippen molar-refractivity contribution in [1.29, 1.82) is 0 Å². The van der Waals surface area contributed by atoms with Gasteiger partial charge in [-0.05, 0) is 18.2 Å². The third-order valence-corrected chi connectivity index (χ3v) is 4.17. The largest absolute Gasteiger partial charge is 0.383 e. The number of ether oxygens (including phenoxy) is 1. The molecular formula is C15H18N8O2. The van der Waals surface area contributed by atoms with Gasteiger partial charge in [-0.1, -0.05) is 0 Å². The number of amides is 1. The van der Waals surface area contributed by atoms with Crippen LogP contribution >= 0.6 is 0 Å². The van der Waals surface area contributed by atoms with E-state index >= 15 is 0 Å². The second-order valence-electron chi connectivity index (χ2n) is 5.77. The van der Waals surface area contributed by atoms with Crippen molar-refractivity contribution in [3.05, 3.63) is 36.4 Å². The van der Waals surface area contributed by atoms with Gasteiger partial charge >= 0.3 is 0 Å². The zero-order valence-electron chi connectivity index (χ0n) is 13.7. The van der Waals surface area contributed by atoms with Crippen molar-refractivity contribution in [1.82, 2.24) is 34.9 Å². The second-order valence-corrected chi connectivity index (χ2v) is 5.77. The minimum absolute atomic E-state index is 0.0860. The maximum atomic E-state index is 12.6. The monoisotopic (exact) mass is 342 g/mol. The molecule has 1 aliphatic heterocycles. The molecule has 25 heavy (non-hydrogen) atoms. The van der Waals surface area contributed by atoms with Crippen molar-refractivity contribution in [3.8, 4) is 0 Å². The van der Waals surface area contributed by atoms with Gasteiger partial charge in [0.2, 0.25) is 5.91 Å². The summed E-state index contributed by atoms with van der Waals surface area (Å²) in [6.07, 6.45) is 3.27. The van der Waals surface area contributed by atoms with Gasteiger partial charge in [0.25, 0.3) is 0 Å². The molecule has 0 spiro atoms. The maximum Gasteiger partial charge on any atom is 0.246 e. The molecule has 0 aromatic carbocycles. The number of hydrogen-bond donors (Lipinski definition) is 1. The Bertz CT molecular complexity index is 888. The predicted octanol–water partition coefficient (Wildman–Crippen LogP) is -0.355. The Morgan fingerprint density at radius 1 is 1.40 bits per heavy atom. The Hall–Kier alpha value is -3.01. The third kappa shape index (κ3) is 2.91. The van der Waals surface area contributed by atoms with Gasteiger partial charge in [0.05, 0.1) is 25.4 Å². The van der Waals surface area contributed by atoms with E-state index < -0.39 is 6.04 Å². The van der Waals surface area contributed by atoms with E-state index in [9.17, 15) is 4.79 Å². The van der Waals surface area contributed by atoms with E-state index in [0.717, 1.165) is 11.5 Å². The lowest BCUT2D eigenvalue weighted by atomic mass is 10.1. The van der Waals surface area contributed by atoms with Gasteiger partial charge in [-0.15, -0.1) is 15.3 Å². The summed E-state index contributed by atoms with van der Waals surface area (Å²) < 4.78 is 8.38. The van der Waals surface area contributed by atoms with Crippen molar-refractivity contribution >= 4 is 17.4 Å². The first kappa shape index (κ1) is 15.5. The highest BCUT2D eigenvalue weighted by atomic mass is 16.5. The van der Waals surface area contributed by atoms with E-state index in [4.69, 9.17) is 4.74 Å². The molecule has 1 aliphatic rings. The predicted molar refractivity (Wildman–Crippen MR) is 88.0 cm³/mol. The van der Waals surface area contributed by atoms with Crippen LogP contribution in [-0.2, 0) is 16.1 Å². The summed E-state index contributed by atoms with van der Waals surface area (Å²) >= 11 is 0. The zero-order chi connectivity index (χ0) is 17.2. The summed E-state index contributed by atoms with van der Waals surface area (Å²) in [5, 5.41) is 19.5.